The molecular weight excluding hydrogens is 395 g/mol. The molecule has 27 heavy (non-hydrogen) atoms. The summed E-state index contributed by atoms with van der Waals surface area (Å²) < 4.78 is 0. The lowest BCUT2D eigenvalue weighted by molar-refractivity contribution is 0.0611. The Morgan fingerprint density at radius 2 is 1.85 bits per heavy atom. The van der Waals surface area contributed by atoms with E-state index in [9.17, 15) is 19.3 Å². The number of nitrogens with zero attached hydrogens (tertiary/aromatic N) is 3. The van der Waals surface area contributed by atoms with Crippen molar-refractivity contribution in [3.05, 3.63) is 51.4 Å². The average Bonchev–Trinajstić information content (AvgIpc) is 2.67. The molecule has 0 radical (unpaired) electrons. The number of imide groups is 1. The minimum absolute atomic E-state index is 0.0382. The van der Waals surface area contributed by atoms with Gasteiger partial charge in [-0.2, -0.15) is 5.01 Å². The molecule has 0 bridgehead atoms. The lowest BCUT2D eigenvalue weighted by Crippen LogP contribution is -2.46. The van der Waals surface area contributed by atoms with Crippen LogP contribution in [0.1, 0.15) is 20.7 Å². The normalized spacial score (nSPS) is 13.0. The molecule has 3 rings (SSSR count). The van der Waals surface area contributed by atoms with Crippen molar-refractivity contribution in [3.63, 3.8) is 0 Å². The van der Waals surface area contributed by atoms with Crippen LogP contribution in [0, 0.1) is 4.91 Å². The van der Waals surface area contributed by atoms with Crippen LogP contribution in [-0.4, -0.2) is 53.3 Å². The van der Waals surface area contributed by atoms with Gasteiger partial charge in [0.2, 0.25) is 0 Å². The van der Waals surface area contributed by atoms with Crippen molar-refractivity contribution in [3.8, 4) is 0 Å². The van der Waals surface area contributed by atoms with Gasteiger partial charge < -0.3 is 5.32 Å². The second kappa shape index (κ2) is 7.89. The van der Waals surface area contributed by atoms with Gasteiger partial charge in [-0.25, -0.2) is 4.79 Å². The second-order valence-electron chi connectivity index (χ2n) is 5.71. The SMILES string of the molecule is O=NN(CCCl)C(=O)NCCN1C(=O)c2cccc3c(Cl)ccc(c23)C1=O. The van der Waals surface area contributed by atoms with Gasteiger partial charge in [-0.1, -0.05) is 23.7 Å². The summed E-state index contributed by atoms with van der Waals surface area (Å²) in [7, 11) is 0. The van der Waals surface area contributed by atoms with Gasteiger partial charge in [-0.05, 0) is 18.2 Å². The van der Waals surface area contributed by atoms with Crippen LogP contribution in [0.25, 0.3) is 10.8 Å². The van der Waals surface area contributed by atoms with E-state index in [0.717, 1.165) is 4.90 Å². The fourth-order valence-corrected chi connectivity index (χ4v) is 3.32. The van der Waals surface area contributed by atoms with E-state index in [1.807, 2.05) is 0 Å². The van der Waals surface area contributed by atoms with Gasteiger partial charge in [0, 0.05) is 45.9 Å². The fourth-order valence-electron chi connectivity index (χ4n) is 2.94. The third-order valence-corrected chi connectivity index (χ3v) is 4.68. The number of nitroso groups, excluding NO2 is 1. The summed E-state index contributed by atoms with van der Waals surface area (Å²) >= 11 is 11.7. The Morgan fingerprint density at radius 3 is 2.52 bits per heavy atom. The van der Waals surface area contributed by atoms with Crippen LogP contribution in [0.5, 0.6) is 0 Å². The van der Waals surface area contributed by atoms with E-state index in [1.54, 1.807) is 30.3 Å². The Bertz CT molecular complexity index is 928. The lowest BCUT2D eigenvalue weighted by atomic mass is 9.94. The van der Waals surface area contributed by atoms with Crippen LogP contribution >= 0.6 is 23.2 Å². The van der Waals surface area contributed by atoms with Crippen LogP contribution in [-0.2, 0) is 0 Å². The Hall–Kier alpha value is -2.71. The highest BCUT2D eigenvalue weighted by molar-refractivity contribution is 6.38. The molecule has 2 aromatic rings. The molecule has 10 heteroatoms. The third kappa shape index (κ3) is 3.45. The summed E-state index contributed by atoms with van der Waals surface area (Å²) in [5, 5.41) is 7.24. The highest BCUT2D eigenvalue weighted by atomic mass is 35.5. The van der Waals surface area contributed by atoms with E-state index in [4.69, 9.17) is 23.2 Å². The minimum Gasteiger partial charge on any atom is -0.335 e. The van der Waals surface area contributed by atoms with Gasteiger partial charge in [-0.3, -0.25) is 14.5 Å². The number of hydrogen-bond acceptors (Lipinski definition) is 5. The smallest absolute Gasteiger partial charge is 0.335 e. The molecule has 4 amide bonds. The summed E-state index contributed by atoms with van der Waals surface area (Å²) in [5.41, 5.74) is 0.739. The summed E-state index contributed by atoms with van der Waals surface area (Å²) in [4.78, 5) is 49.0. The largest absolute Gasteiger partial charge is 0.340 e. The van der Waals surface area contributed by atoms with Crippen LogP contribution in [0.2, 0.25) is 5.02 Å². The van der Waals surface area contributed by atoms with Crippen molar-refractivity contribution in [2.45, 2.75) is 0 Å². The molecule has 1 aliphatic heterocycles. The van der Waals surface area contributed by atoms with E-state index in [1.165, 1.54) is 0 Å². The number of rotatable bonds is 6. The molecule has 0 fully saturated rings. The molecule has 0 saturated carbocycles. The number of urea groups is 1. The number of halogens is 2. The first-order valence-corrected chi connectivity index (χ1v) is 8.93. The first-order chi connectivity index (χ1) is 13.0. The Kier molecular flexibility index (Phi) is 5.57. The molecule has 1 aliphatic rings. The first-order valence-electron chi connectivity index (χ1n) is 8.01. The number of nitrogens with one attached hydrogen (secondary N) is 1. The molecule has 2 aromatic carbocycles. The van der Waals surface area contributed by atoms with Crippen molar-refractivity contribution >= 4 is 51.8 Å². The predicted molar refractivity (Wildman–Crippen MR) is 101 cm³/mol. The zero-order chi connectivity index (χ0) is 19.6. The number of hydrogen-bond donors (Lipinski definition) is 1. The van der Waals surface area contributed by atoms with Gasteiger partial charge in [-0.15, -0.1) is 16.5 Å². The van der Waals surface area contributed by atoms with Crippen molar-refractivity contribution in [2.75, 3.05) is 25.5 Å². The average molecular weight is 409 g/mol. The maximum Gasteiger partial charge on any atom is 0.340 e. The van der Waals surface area contributed by atoms with Gasteiger partial charge in [0.25, 0.3) is 11.8 Å². The summed E-state index contributed by atoms with van der Waals surface area (Å²) in [5.74, 6) is -0.896. The van der Waals surface area contributed by atoms with Crippen LogP contribution < -0.4 is 5.32 Å². The van der Waals surface area contributed by atoms with E-state index in [2.05, 4.69) is 10.6 Å². The maximum absolute atomic E-state index is 12.7. The molecular formula is C17H14Cl2N4O4. The first kappa shape index (κ1) is 19.1. The molecule has 0 aliphatic carbocycles. The van der Waals surface area contributed by atoms with Crippen LogP contribution in [0.3, 0.4) is 0 Å². The molecule has 8 nitrogen and oxygen atoms in total. The summed E-state index contributed by atoms with van der Waals surface area (Å²) in [6.07, 6.45) is 0. The molecule has 0 spiro atoms. The summed E-state index contributed by atoms with van der Waals surface area (Å²) in [6.45, 7) is -0.145. The van der Waals surface area contributed by atoms with Crippen LogP contribution in [0.4, 0.5) is 4.79 Å². The molecule has 140 valence electrons. The van der Waals surface area contributed by atoms with Gasteiger partial charge in [0.05, 0.1) is 11.8 Å². The van der Waals surface area contributed by atoms with Gasteiger partial charge in [0.15, 0.2) is 0 Å². The van der Waals surface area contributed by atoms with E-state index < -0.39 is 17.8 Å². The zero-order valence-electron chi connectivity index (χ0n) is 13.9. The number of alkyl halides is 1. The minimum atomic E-state index is -0.753. The number of amides is 4. The molecule has 0 atom stereocenters. The highest BCUT2D eigenvalue weighted by Gasteiger charge is 2.33. The Labute approximate surface area is 163 Å². The predicted octanol–water partition coefficient (Wildman–Crippen LogP) is 3.02. The summed E-state index contributed by atoms with van der Waals surface area (Å²) in [6, 6.07) is 7.50. The van der Waals surface area contributed by atoms with E-state index >= 15 is 0 Å². The van der Waals surface area contributed by atoms with Crippen molar-refractivity contribution in [2.24, 2.45) is 5.29 Å². The Morgan fingerprint density at radius 1 is 1.15 bits per heavy atom. The van der Waals surface area contributed by atoms with Crippen molar-refractivity contribution < 1.29 is 14.4 Å². The fraction of sp³-hybridized carbons (Fsp3) is 0.235. The van der Waals surface area contributed by atoms with Gasteiger partial charge >= 0.3 is 6.03 Å². The lowest BCUT2D eigenvalue weighted by Gasteiger charge is -2.27. The standard InChI is InChI=1S/C17H14Cl2N4O4/c18-6-8-23(21-27)17(26)20-7-9-22-15(24)11-3-1-2-10-13(19)5-4-12(14(10)11)16(22)25/h1-5H,6-9H2,(H,20,26). The number of carbonyl (C=O) groups excluding carboxylic acids is 3. The maximum atomic E-state index is 12.7. The monoisotopic (exact) mass is 408 g/mol. The van der Waals surface area contributed by atoms with Crippen LogP contribution in [0.15, 0.2) is 35.6 Å². The quantitative estimate of drug-likeness (QED) is 0.343. The molecule has 0 unspecified atom stereocenters. The van der Waals surface area contributed by atoms with Crippen molar-refractivity contribution in [1.29, 1.82) is 0 Å². The number of carbonyl (C=O) groups is 3. The van der Waals surface area contributed by atoms with E-state index in [0.29, 0.717) is 31.9 Å². The second-order valence-corrected chi connectivity index (χ2v) is 6.50. The van der Waals surface area contributed by atoms with Crippen molar-refractivity contribution in [1.82, 2.24) is 15.2 Å². The molecule has 1 N–H and O–H groups in total. The Balaban J connectivity index is 1.78. The van der Waals surface area contributed by atoms with E-state index in [-0.39, 0.29) is 25.5 Å². The number of benzene rings is 2. The highest BCUT2D eigenvalue weighted by Crippen LogP contribution is 2.33. The topological polar surface area (TPSA) is 99.2 Å². The van der Waals surface area contributed by atoms with Gasteiger partial charge in [0.1, 0.15) is 0 Å². The molecule has 0 aromatic heterocycles. The molecule has 0 saturated heterocycles. The third-order valence-electron chi connectivity index (χ3n) is 4.18. The molecule has 1 heterocycles. The zero-order valence-corrected chi connectivity index (χ0v) is 15.5.